The summed E-state index contributed by atoms with van der Waals surface area (Å²) < 4.78 is 39.1. The number of nitrogens with zero attached hydrogens (tertiary/aromatic N) is 1. The van der Waals surface area contributed by atoms with Gasteiger partial charge in [0.25, 0.3) is 0 Å². The van der Waals surface area contributed by atoms with Gasteiger partial charge in [-0.3, -0.25) is 0 Å². The molecule has 0 fully saturated rings. The monoisotopic (exact) mass is 256 g/mol. The molecule has 0 aromatic heterocycles. The third-order valence-corrected chi connectivity index (χ3v) is 3.91. The Morgan fingerprint density at radius 3 is 2.53 bits per heavy atom. The highest BCUT2D eigenvalue weighted by Crippen LogP contribution is 2.18. The second-order valence-corrected chi connectivity index (χ2v) is 5.90. The van der Waals surface area contributed by atoms with E-state index in [1.807, 2.05) is 6.07 Å². The average Bonchev–Trinajstić information content (AvgIpc) is 2.20. The van der Waals surface area contributed by atoms with Crippen molar-refractivity contribution < 1.29 is 12.8 Å². The number of halogens is 1. The summed E-state index contributed by atoms with van der Waals surface area (Å²) in [5.74, 6) is -0.634. The van der Waals surface area contributed by atoms with Crippen molar-refractivity contribution in [1.82, 2.24) is 4.72 Å². The molecule has 4 nitrogen and oxygen atoms in total. The SMILES string of the molecule is Cc1ccc(F)cc1S(=O)(=O)NC(C)(C)C#N. The Bertz CT molecular complexity index is 574. The van der Waals surface area contributed by atoms with Gasteiger partial charge < -0.3 is 0 Å². The molecule has 0 atom stereocenters. The van der Waals surface area contributed by atoms with E-state index in [2.05, 4.69) is 4.72 Å². The Balaban J connectivity index is 3.24. The van der Waals surface area contributed by atoms with Gasteiger partial charge in [-0.1, -0.05) is 6.07 Å². The van der Waals surface area contributed by atoms with Crippen molar-refractivity contribution >= 4 is 10.0 Å². The van der Waals surface area contributed by atoms with Crippen LogP contribution >= 0.6 is 0 Å². The molecule has 6 heteroatoms. The first-order valence-electron chi connectivity index (χ1n) is 4.89. The fraction of sp³-hybridized carbons (Fsp3) is 0.364. The number of nitriles is 1. The van der Waals surface area contributed by atoms with Gasteiger partial charge in [0.1, 0.15) is 11.4 Å². The second kappa shape index (κ2) is 4.43. The van der Waals surface area contributed by atoms with Crippen molar-refractivity contribution in [3.63, 3.8) is 0 Å². The van der Waals surface area contributed by atoms with Crippen LogP contribution in [0.2, 0.25) is 0 Å². The van der Waals surface area contributed by atoms with Gasteiger partial charge in [0.05, 0.1) is 11.0 Å². The summed E-state index contributed by atoms with van der Waals surface area (Å²) in [5.41, 5.74) is -0.815. The van der Waals surface area contributed by atoms with Crippen LogP contribution in [-0.2, 0) is 10.0 Å². The Kier molecular flexibility index (Phi) is 3.55. The van der Waals surface area contributed by atoms with Crippen LogP contribution in [0, 0.1) is 24.1 Å². The predicted molar refractivity (Wildman–Crippen MR) is 61.2 cm³/mol. The van der Waals surface area contributed by atoms with Crippen LogP contribution in [0.4, 0.5) is 4.39 Å². The van der Waals surface area contributed by atoms with E-state index in [0.29, 0.717) is 5.56 Å². The molecule has 0 unspecified atom stereocenters. The highest BCUT2D eigenvalue weighted by Gasteiger charge is 2.27. The van der Waals surface area contributed by atoms with Gasteiger partial charge in [0.2, 0.25) is 10.0 Å². The van der Waals surface area contributed by atoms with Crippen LogP contribution in [0.5, 0.6) is 0 Å². The maximum atomic E-state index is 13.0. The lowest BCUT2D eigenvalue weighted by Gasteiger charge is -2.18. The average molecular weight is 256 g/mol. The van der Waals surface area contributed by atoms with Crippen molar-refractivity contribution in [1.29, 1.82) is 5.26 Å². The van der Waals surface area contributed by atoms with Crippen LogP contribution in [0.1, 0.15) is 19.4 Å². The Hall–Kier alpha value is -1.45. The summed E-state index contributed by atoms with van der Waals surface area (Å²) in [7, 11) is -3.90. The largest absolute Gasteiger partial charge is 0.242 e. The van der Waals surface area contributed by atoms with E-state index in [4.69, 9.17) is 5.26 Å². The first-order chi connectivity index (χ1) is 7.68. The molecule has 1 aromatic carbocycles. The van der Waals surface area contributed by atoms with Gasteiger partial charge in [-0.25, -0.2) is 12.8 Å². The fourth-order valence-corrected chi connectivity index (χ4v) is 2.86. The molecule has 0 aliphatic rings. The zero-order valence-electron chi connectivity index (χ0n) is 9.78. The second-order valence-electron chi connectivity index (χ2n) is 4.25. The molecule has 0 bridgehead atoms. The molecule has 17 heavy (non-hydrogen) atoms. The molecule has 0 radical (unpaired) electrons. The lowest BCUT2D eigenvalue weighted by molar-refractivity contribution is 0.533. The summed E-state index contributed by atoms with van der Waals surface area (Å²) in [4.78, 5) is -0.152. The van der Waals surface area contributed by atoms with Gasteiger partial charge in [0.15, 0.2) is 0 Å². The van der Waals surface area contributed by atoms with Gasteiger partial charge >= 0.3 is 0 Å². The number of nitrogens with one attached hydrogen (secondary N) is 1. The number of benzene rings is 1. The third-order valence-electron chi connectivity index (χ3n) is 2.11. The maximum absolute atomic E-state index is 13.0. The van der Waals surface area contributed by atoms with Crippen molar-refractivity contribution in [3.8, 4) is 6.07 Å². The van der Waals surface area contributed by atoms with E-state index in [-0.39, 0.29) is 4.90 Å². The topological polar surface area (TPSA) is 70.0 Å². The third kappa shape index (κ3) is 3.25. The Morgan fingerprint density at radius 2 is 2.00 bits per heavy atom. The van der Waals surface area contributed by atoms with Gasteiger partial charge in [-0.05, 0) is 38.5 Å². The molecule has 1 N–H and O–H groups in total. The molecular weight excluding hydrogens is 243 g/mol. The van der Waals surface area contributed by atoms with Crippen LogP contribution in [-0.4, -0.2) is 14.0 Å². The summed E-state index contributed by atoms with van der Waals surface area (Å²) in [5, 5.41) is 8.78. The van der Waals surface area contributed by atoms with E-state index in [1.54, 1.807) is 6.92 Å². The van der Waals surface area contributed by atoms with Gasteiger partial charge in [-0.15, -0.1) is 0 Å². The molecule has 0 aliphatic heterocycles. The summed E-state index contributed by atoms with van der Waals surface area (Å²) in [6, 6.07) is 5.32. The van der Waals surface area contributed by atoms with Crippen LogP contribution in [0.25, 0.3) is 0 Å². The number of hydrogen-bond donors (Lipinski definition) is 1. The van der Waals surface area contributed by atoms with E-state index in [0.717, 1.165) is 6.07 Å². The first-order valence-corrected chi connectivity index (χ1v) is 6.38. The van der Waals surface area contributed by atoms with E-state index in [9.17, 15) is 12.8 Å². The quantitative estimate of drug-likeness (QED) is 0.895. The standard InChI is InChI=1S/C11H13FN2O2S/c1-8-4-5-9(12)6-10(8)17(15,16)14-11(2,3)7-13/h4-6,14H,1-3H3. The minimum Gasteiger partial charge on any atom is -0.207 e. The molecular formula is C11H13FN2O2S. The van der Waals surface area contributed by atoms with Crippen molar-refractivity contribution in [2.45, 2.75) is 31.2 Å². The van der Waals surface area contributed by atoms with E-state index >= 15 is 0 Å². The Morgan fingerprint density at radius 1 is 1.41 bits per heavy atom. The first kappa shape index (κ1) is 13.6. The summed E-state index contributed by atoms with van der Waals surface area (Å²) in [6.07, 6.45) is 0. The Labute approximate surface area is 100 Å². The van der Waals surface area contributed by atoms with Crippen LogP contribution in [0.15, 0.2) is 23.1 Å². The number of rotatable bonds is 3. The molecule has 0 saturated heterocycles. The number of hydrogen-bond acceptors (Lipinski definition) is 3. The fourth-order valence-electron chi connectivity index (χ4n) is 1.28. The smallest absolute Gasteiger partial charge is 0.207 e. The van der Waals surface area contributed by atoms with Crippen molar-refractivity contribution in [3.05, 3.63) is 29.6 Å². The minimum absolute atomic E-state index is 0.152. The summed E-state index contributed by atoms with van der Waals surface area (Å²) >= 11 is 0. The molecule has 1 rings (SSSR count). The van der Waals surface area contributed by atoms with Gasteiger partial charge in [-0.2, -0.15) is 9.98 Å². The highest BCUT2D eigenvalue weighted by molar-refractivity contribution is 7.89. The zero-order chi connectivity index (χ0) is 13.3. The van der Waals surface area contributed by atoms with E-state index in [1.165, 1.54) is 26.0 Å². The molecule has 0 heterocycles. The van der Waals surface area contributed by atoms with Crippen LogP contribution in [0.3, 0.4) is 0 Å². The number of sulfonamides is 1. The molecule has 0 aliphatic carbocycles. The molecule has 0 saturated carbocycles. The zero-order valence-corrected chi connectivity index (χ0v) is 10.6. The van der Waals surface area contributed by atoms with Crippen molar-refractivity contribution in [2.75, 3.05) is 0 Å². The lowest BCUT2D eigenvalue weighted by Crippen LogP contribution is -2.42. The normalized spacial score (nSPS) is 12.2. The minimum atomic E-state index is -3.90. The summed E-state index contributed by atoms with van der Waals surface area (Å²) in [6.45, 7) is 4.42. The highest BCUT2D eigenvalue weighted by atomic mass is 32.2. The van der Waals surface area contributed by atoms with Crippen LogP contribution < -0.4 is 4.72 Å². The van der Waals surface area contributed by atoms with Crippen molar-refractivity contribution in [2.24, 2.45) is 0 Å². The molecule has 1 aromatic rings. The van der Waals surface area contributed by atoms with E-state index < -0.39 is 21.4 Å². The molecule has 0 spiro atoms. The van der Waals surface area contributed by atoms with Gasteiger partial charge in [0, 0.05) is 0 Å². The molecule has 0 amide bonds. The number of aryl methyl sites for hydroxylation is 1. The molecule has 92 valence electrons. The predicted octanol–water partition coefficient (Wildman–Crippen LogP) is 1.71. The lowest BCUT2D eigenvalue weighted by atomic mass is 10.1. The maximum Gasteiger partial charge on any atom is 0.242 e.